The highest BCUT2D eigenvalue weighted by Crippen LogP contribution is 2.19. The number of aromatic nitrogens is 2. The van der Waals surface area contributed by atoms with Gasteiger partial charge in [0.2, 0.25) is 0 Å². The van der Waals surface area contributed by atoms with E-state index in [1.54, 1.807) is 12.3 Å². The zero-order chi connectivity index (χ0) is 16.9. The van der Waals surface area contributed by atoms with Gasteiger partial charge in [-0.3, -0.25) is 9.59 Å². The van der Waals surface area contributed by atoms with Crippen LogP contribution < -0.4 is 5.32 Å². The van der Waals surface area contributed by atoms with E-state index in [1.165, 1.54) is 18.9 Å². The third kappa shape index (κ3) is 3.61. The number of piperidine rings is 1. The van der Waals surface area contributed by atoms with Gasteiger partial charge in [0.1, 0.15) is 12.6 Å². The number of rotatable bonds is 4. The van der Waals surface area contributed by atoms with Gasteiger partial charge in [0, 0.05) is 25.8 Å². The molecule has 1 fully saturated rings. The predicted octanol–water partition coefficient (Wildman–Crippen LogP) is 1.66. The van der Waals surface area contributed by atoms with Crippen molar-refractivity contribution in [2.24, 2.45) is 5.92 Å². The summed E-state index contributed by atoms with van der Waals surface area (Å²) in [7, 11) is 0. The van der Waals surface area contributed by atoms with Gasteiger partial charge >= 0.3 is 0 Å². The lowest BCUT2D eigenvalue weighted by atomic mass is 9.96. The summed E-state index contributed by atoms with van der Waals surface area (Å²) < 4.78 is 4.90. The highest BCUT2D eigenvalue weighted by atomic mass is 16.3. The number of nitrogens with one attached hydrogen (secondary N) is 1. The van der Waals surface area contributed by atoms with E-state index in [4.69, 9.17) is 4.42 Å². The summed E-state index contributed by atoms with van der Waals surface area (Å²) in [5.41, 5.74) is 1.79. The second-order valence-electron chi connectivity index (χ2n) is 5.98. The lowest BCUT2D eigenvalue weighted by Crippen LogP contribution is -2.41. The fourth-order valence-corrected chi connectivity index (χ4v) is 2.84. The Morgan fingerprint density at radius 1 is 1.38 bits per heavy atom. The molecule has 7 heteroatoms. The van der Waals surface area contributed by atoms with Gasteiger partial charge in [-0.15, -0.1) is 0 Å². The van der Waals surface area contributed by atoms with E-state index in [1.807, 2.05) is 11.8 Å². The van der Waals surface area contributed by atoms with Gasteiger partial charge in [-0.05, 0) is 31.7 Å². The Labute approximate surface area is 140 Å². The van der Waals surface area contributed by atoms with Gasteiger partial charge < -0.3 is 14.6 Å². The lowest BCUT2D eigenvalue weighted by Gasteiger charge is -2.32. The molecule has 1 aliphatic heterocycles. The number of hydrogen-bond donors (Lipinski definition) is 1. The Bertz CT molecular complexity index is 706. The van der Waals surface area contributed by atoms with Crippen LogP contribution in [0.5, 0.6) is 0 Å². The van der Waals surface area contributed by atoms with Crippen LogP contribution in [-0.2, 0) is 0 Å². The summed E-state index contributed by atoms with van der Waals surface area (Å²) in [5.74, 6) is 0.228. The molecule has 126 valence electrons. The number of furan rings is 1. The normalized spacial score (nSPS) is 15.3. The largest absolute Gasteiger partial charge is 0.472 e. The summed E-state index contributed by atoms with van der Waals surface area (Å²) in [4.78, 5) is 34.2. The molecule has 1 N–H and O–H groups in total. The first-order valence-corrected chi connectivity index (χ1v) is 8.01. The highest BCUT2D eigenvalue weighted by Gasteiger charge is 2.25. The number of carbonyl (C=O) groups excluding carboxylic acids is 2. The Balaban J connectivity index is 1.48. The molecule has 3 heterocycles. The van der Waals surface area contributed by atoms with Crippen molar-refractivity contribution in [3.63, 3.8) is 0 Å². The van der Waals surface area contributed by atoms with Crippen molar-refractivity contribution in [3.05, 3.63) is 47.9 Å². The van der Waals surface area contributed by atoms with Crippen LogP contribution >= 0.6 is 0 Å². The molecule has 3 rings (SSSR count). The first-order chi connectivity index (χ1) is 11.6. The topological polar surface area (TPSA) is 88.3 Å². The molecule has 7 nitrogen and oxygen atoms in total. The van der Waals surface area contributed by atoms with Gasteiger partial charge in [0.15, 0.2) is 0 Å². The zero-order valence-electron chi connectivity index (χ0n) is 13.6. The third-order valence-corrected chi connectivity index (χ3v) is 4.38. The maximum atomic E-state index is 12.5. The Morgan fingerprint density at radius 3 is 2.83 bits per heavy atom. The third-order valence-electron chi connectivity index (χ3n) is 4.38. The van der Waals surface area contributed by atoms with Gasteiger partial charge in [-0.2, -0.15) is 0 Å². The molecule has 24 heavy (non-hydrogen) atoms. The minimum absolute atomic E-state index is 0.0195. The van der Waals surface area contributed by atoms with Crippen molar-refractivity contribution in [3.8, 4) is 0 Å². The number of amides is 2. The Hall–Kier alpha value is -2.70. The molecule has 2 aromatic rings. The van der Waals surface area contributed by atoms with Crippen LogP contribution in [-0.4, -0.2) is 46.3 Å². The van der Waals surface area contributed by atoms with Crippen LogP contribution in [0, 0.1) is 12.8 Å². The monoisotopic (exact) mass is 328 g/mol. The van der Waals surface area contributed by atoms with E-state index in [0.717, 1.165) is 12.8 Å². The summed E-state index contributed by atoms with van der Waals surface area (Å²) >= 11 is 0. The zero-order valence-corrected chi connectivity index (χ0v) is 13.6. The van der Waals surface area contributed by atoms with Crippen molar-refractivity contribution < 1.29 is 14.0 Å². The van der Waals surface area contributed by atoms with Crippen LogP contribution in [0.4, 0.5) is 0 Å². The van der Waals surface area contributed by atoms with Crippen molar-refractivity contribution in [2.75, 3.05) is 19.6 Å². The minimum Gasteiger partial charge on any atom is -0.472 e. The quantitative estimate of drug-likeness (QED) is 0.922. The van der Waals surface area contributed by atoms with Crippen molar-refractivity contribution >= 4 is 11.8 Å². The number of nitrogens with zero attached hydrogens (tertiary/aromatic N) is 3. The average molecular weight is 328 g/mol. The average Bonchev–Trinajstić information content (AvgIpc) is 3.15. The van der Waals surface area contributed by atoms with Gasteiger partial charge in [-0.25, -0.2) is 9.97 Å². The molecule has 0 spiro atoms. The molecule has 0 aromatic carbocycles. The SMILES string of the molecule is Cc1ncncc1C(=O)N1CCC(CNC(=O)c2ccoc2)CC1. The summed E-state index contributed by atoms with van der Waals surface area (Å²) in [6.07, 6.45) is 7.66. The molecule has 0 bridgehead atoms. The van der Waals surface area contributed by atoms with E-state index in [2.05, 4.69) is 15.3 Å². The van der Waals surface area contributed by atoms with E-state index in [-0.39, 0.29) is 11.8 Å². The van der Waals surface area contributed by atoms with Gasteiger partial charge in [0.25, 0.3) is 11.8 Å². The first kappa shape index (κ1) is 16.2. The van der Waals surface area contributed by atoms with Crippen molar-refractivity contribution in [1.29, 1.82) is 0 Å². The number of aryl methyl sites for hydroxylation is 1. The first-order valence-electron chi connectivity index (χ1n) is 8.01. The van der Waals surface area contributed by atoms with Gasteiger partial charge in [-0.1, -0.05) is 0 Å². The summed E-state index contributed by atoms with van der Waals surface area (Å²) in [5, 5.41) is 2.92. The fraction of sp³-hybridized carbons (Fsp3) is 0.412. The van der Waals surface area contributed by atoms with Crippen LogP contribution in [0.25, 0.3) is 0 Å². The number of likely N-dealkylation sites (tertiary alicyclic amines) is 1. The molecular weight excluding hydrogens is 308 g/mol. The van der Waals surface area contributed by atoms with E-state index >= 15 is 0 Å². The van der Waals surface area contributed by atoms with Crippen LogP contribution in [0.2, 0.25) is 0 Å². The second-order valence-corrected chi connectivity index (χ2v) is 5.98. The van der Waals surface area contributed by atoms with Crippen molar-refractivity contribution in [2.45, 2.75) is 19.8 Å². The van der Waals surface area contributed by atoms with Crippen LogP contribution in [0.3, 0.4) is 0 Å². The number of carbonyl (C=O) groups is 2. The molecular formula is C17H20N4O3. The summed E-state index contributed by atoms with van der Waals surface area (Å²) in [6, 6.07) is 1.64. The minimum atomic E-state index is -0.126. The molecule has 0 atom stereocenters. The van der Waals surface area contributed by atoms with Crippen LogP contribution in [0.1, 0.15) is 39.3 Å². The maximum Gasteiger partial charge on any atom is 0.257 e. The molecule has 0 unspecified atom stereocenters. The number of hydrogen-bond acceptors (Lipinski definition) is 5. The highest BCUT2D eigenvalue weighted by molar-refractivity contribution is 5.95. The smallest absolute Gasteiger partial charge is 0.257 e. The lowest BCUT2D eigenvalue weighted by molar-refractivity contribution is 0.0682. The molecule has 1 saturated heterocycles. The molecule has 2 amide bonds. The van der Waals surface area contributed by atoms with Crippen LogP contribution in [0.15, 0.2) is 35.5 Å². The second kappa shape index (κ2) is 7.25. The van der Waals surface area contributed by atoms with E-state index in [0.29, 0.717) is 42.4 Å². The van der Waals surface area contributed by atoms with Gasteiger partial charge in [0.05, 0.1) is 23.1 Å². The predicted molar refractivity (Wildman–Crippen MR) is 86.4 cm³/mol. The van der Waals surface area contributed by atoms with E-state index < -0.39 is 0 Å². The molecule has 0 radical (unpaired) electrons. The molecule has 1 aliphatic rings. The molecule has 0 aliphatic carbocycles. The fourth-order valence-electron chi connectivity index (χ4n) is 2.84. The van der Waals surface area contributed by atoms with Crippen molar-refractivity contribution in [1.82, 2.24) is 20.2 Å². The standard InChI is InChI=1S/C17H20N4O3/c1-12-15(9-18-11-20-12)17(23)21-5-2-13(3-6-21)8-19-16(22)14-4-7-24-10-14/h4,7,9-11,13H,2-3,5-6,8H2,1H3,(H,19,22). The molecule has 0 saturated carbocycles. The molecule has 2 aromatic heterocycles. The summed E-state index contributed by atoms with van der Waals surface area (Å²) in [6.45, 7) is 3.78. The maximum absolute atomic E-state index is 12.5. The Morgan fingerprint density at radius 2 is 2.17 bits per heavy atom. The Kier molecular flexibility index (Phi) is 4.88. The van der Waals surface area contributed by atoms with E-state index in [9.17, 15) is 9.59 Å².